The molecule has 0 saturated carbocycles. The lowest BCUT2D eigenvalue weighted by Crippen LogP contribution is -2.17. The number of pyridine rings is 1. The molecule has 0 fully saturated rings. The minimum atomic E-state index is -0.313. The van der Waals surface area contributed by atoms with Gasteiger partial charge in [-0.05, 0) is 69.5 Å². The first-order valence-electron chi connectivity index (χ1n) is 8.02. The van der Waals surface area contributed by atoms with Gasteiger partial charge in [-0.1, -0.05) is 12.1 Å². The molecule has 0 spiro atoms. The summed E-state index contributed by atoms with van der Waals surface area (Å²) in [7, 11) is 0. The highest BCUT2D eigenvalue weighted by Crippen LogP contribution is 2.26. The van der Waals surface area contributed by atoms with Gasteiger partial charge in [0, 0.05) is 18.0 Å². The lowest BCUT2D eigenvalue weighted by atomic mass is 10.2. The Kier molecular flexibility index (Phi) is 6.27. The van der Waals surface area contributed by atoms with Crippen molar-refractivity contribution >= 4 is 28.1 Å². The van der Waals surface area contributed by atoms with Crippen LogP contribution in [0.4, 0.5) is 4.39 Å². The van der Waals surface area contributed by atoms with E-state index in [0.717, 1.165) is 15.6 Å². The molecule has 1 heterocycles. The fourth-order valence-corrected chi connectivity index (χ4v) is 2.70. The van der Waals surface area contributed by atoms with Crippen LogP contribution in [0.5, 0.6) is 5.75 Å². The maximum atomic E-state index is 12.9. The molecule has 136 valence electrons. The quantitative estimate of drug-likeness (QED) is 0.470. The van der Waals surface area contributed by atoms with E-state index >= 15 is 0 Å². The minimum Gasteiger partial charge on any atom is -0.488 e. The van der Waals surface area contributed by atoms with E-state index in [9.17, 15) is 9.18 Å². The van der Waals surface area contributed by atoms with Crippen molar-refractivity contribution < 1.29 is 13.9 Å². The Balaban J connectivity index is 1.57. The third-order valence-electron chi connectivity index (χ3n) is 3.59. The first-order valence-corrected chi connectivity index (χ1v) is 8.81. The molecule has 3 rings (SSSR count). The summed E-state index contributed by atoms with van der Waals surface area (Å²) in [5, 5.41) is 3.95. The zero-order valence-electron chi connectivity index (χ0n) is 14.1. The maximum absolute atomic E-state index is 12.9. The topological polar surface area (TPSA) is 63.6 Å². The molecule has 1 amide bonds. The standard InChI is InChI=1S/C20H15BrFN3O2/c21-18-11-15(12-24-25-20(26)16-7-9-23-10-8-16)3-6-19(18)27-13-14-1-4-17(22)5-2-14/h1-12H,13H2,(H,25,26)/b24-12-. The van der Waals surface area contributed by atoms with E-state index in [-0.39, 0.29) is 11.7 Å². The Bertz CT molecular complexity index is 947. The van der Waals surface area contributed by atoms with Crippen LogP contribution in [0.1, 0.15) is 21.5 Å². The first-order chi connectivity index (χ1) is 13.1. The van der Waals surface area contributed by atoms with E-state index in [1.165, 1.54) is 18.3 Å². The van der Waals surface area contributed by atoms with Crippen molar-refractivity contribution in [2.24, 2.45) is 5.10 Å². The second-order valence-electron chi connectivity index (χ2n) is 5.54. The number of nitrogens with one attached hydrogen (secondary N) is 1. The van der Waals surface area contributed by atoms with E-state index in [4.69, 9.17) is 4.74 Å². The molecule has 27 heavy (non-hydrogen) atoms. The predicted octanol–water partition coefficient (Wildman–Crippen LogP) is 4.33. The number of aromatic nitrogens is 1. The number of hydrogen-bond acceptors (Lipinski definition) is 4. The SMILES string of the molecule is O=C(N/N=C\c1ccc(OCc2ccc(F)cc2)c(Br)c1)c1ccncc1. The molecule has 0 atom stereocenters. The number of amides is 1. The summed E-state index contributed by atoms with van der Waals surface area (Å²) >= 11 is 3.45. The van der Waals surface area contributed by atoms with Crippen molar-refractivity contribution in [3.63, 3.8) is 0 Å². The second kappa shape index (κ2) is 9.05. The number of hydrogen-bond donors (Lipinski definition) is 1. The van der Waals surface area contributed by atoms with E-state index in [1.54, 1.807) is 42.7 Å². The van der Waals surface area contributed by atoms with E-state index < -0.39 is 0 Å². The number of carbonyl (C=O) groups is 1. The van der Waals surface area contributed by atoms with Crippen LogP contribution in [0.15, 0.2) is 76.6 Å². The van der Waals surface area contributed by atoms with Gasteiger partial charge in [-0.15, -0.1) is 0 Å². The summed E-state index contributed by atoms with van der Waals surface area (Å²) in [4.78, 5) is 15.8. The smallest absolute Gasteiger partial charge is 0.271 e. The van der Waals surface area contributed by atoms with Gasteiger partial charge in [0.1, 0.15) is 18.2 Å². The lowest BCUT2D eigenvalue weighted by molar-refractivity contribution is 0.0955. The van der Waals surface area contributed by atoms with Gasteiger partial charge < -0.3 is 4.74 Å². The molecule has 2 aromatic carbocycles. The number of halogens is 2. The van der Waals surface area contributed by atoms with Gasteiger partial charge >= 0.3 is 0 Å². The second-order valence-corrected chi connectivity index (χ2v) is 6.39. The predicted molar refractivity (Wildman–Crippen MR) is 104 cm³/mol. The van der Waals surface area contributed by atoms with E-state index in [1.807, 2.05) is 12.1 Å². The Labute approximate surface area is 164 Å². The van der Waals surface area contributed by atoms with Crippen molar-refractivity contribution in [2.45, 2.75) is 6.61 Å². The number of carbonyl (C=O) groups excluding carboxylic acids is 1. The molecule has 3 aromatic rings. The summed E-state index contributed by atoms with van der Waals surface area (Å²) in [6, 6.07) is 14.8. The number of hydrazone groups is 1. The summed E-state index contributed by atoms with van der Waals surface area (Å²) < 4.78 is 19.4. The van der Waals surface area contributed by atoms with Gasteiger partial charge in [0.15, 0.2) is 0 Å². The van der Waals surface area contributed by atoms with Crippen LogP contribution in [-0.2, 0) is 6.61 Å². The molecule has 0 aliphatic carbocycles. The monoisotopic (exact) mass is 427 g/mol. The average molecular weight is 428 g/mol. The number of nitrogens with zero attached hydrogens (tertiary/aromatic N) is 2. The number of ether oxygens (including phenoxy) is 1. The van der Waals surface area contributed by atoms with E-state index in [2.05, 4.69) is 31.4 Å². The van der Waals surface area contributed by atoms with Crippen LogP contribution in [-0.4, -0.2) is 17.1 Å². The highest BCUT2D eigenvalue weighted by Gasteiger charge is 2.04. The zero-order valence-corrected chi connectivity index (χ0v) is 15.7. The summed E-state index contributed by atoms with van der Waals surface area (Å²) in [5.74, 6) is 0.0591. The van der Waals surface area contributed by atoms with Crippen molar-refractivity contribution in [2.75, 3.05) is 0 Å². The number of benzene rings is 2. The molecular formula is C20H15BrFN3O2. The van der Waals surface area contributed by atoms with Crippen molar-refractivity contribution in [1.29, 1.82) is 0 Å². The number of rotatable bonds is 6. The molecule has 0 unspecified atom stereocenters. The third-order valence-corrected chi connectivity index (χ3v) is 4.21. The highest BCUT2D eigenvalue weighted by molar-refractivity contribution is 9.10. The Morgan fingerprint density at radius 2 is 1.89 bits per heavy atom. The molecular weight excluding hydrogens is 413 g/mol. The van der Waals surface area contributed by atoms with Crippen molar-refractivity contribution in [1.82, 2.24) is 10.4 Å². The Hall–Kier alpha value is -3.06. The summed E-state index contributed by atoms with van der Waals surface area (Å²) in [6.07, 6.45) is 4.62. The summed E-state index contributed by atoms with van der Waals surface area (Å²) in [5.41, 5.74) is 4.59. The van der Waals surface area contributed by atoms with Crippen LogP contribution in [0.25, 0.3) is 0 Å². The molecule has 7 heteroatoms. The van der Waals surface area contributed by atoms with Gasteiger partial charge in [-0.2, -0.15) is 5.10 Å². The van der Waals surface area contributed by atoms with Gasteiger partial charge in [0.25, 0.3) is 5.91 Å². The average Bonchev–Trinajstić information content (AvgIpc) is 2.69. The van der Waals surface area contributed by atoms with Crippen LogP contribution in [0.2, 0.25) is 0 Å². The van der Waals surface area contributed by atoms with Crippen molar-refractivity contribution in [3.05, 3.63) is 94.0 Å². The largest absolute Gasteiger partial charge is 0.488 e. The molecule has 0 aliphatic heterocycles. The van der Waals surface area contributed by atoms with Crippen LogP contribution >= 0.6 is 15.9 Å². The Morgan fingerprint density at radius 3 is 2.59 bits per heavy atom. The lowest BCUT2D eigenvalue weighted by Gasteiger charge is -2.09. The fourth-order valence-electron chi connectivity index (χ4n) is 2.19. The molecule has 1 N–H and O–H groups in total. The van der Waals surface area contributed by atoms with Gasteiger partial charge in [-0.3, -0.25) is 9.78 Å². The normalized spacial score (nSPS) is 10.7. The third kappa shape index (κ3) is 5.46. The van der Waals surface area contributed by atoms with Crippen LogP contribution in [0.3, 0.4) is 0 Å². The molecule has 0 radical (unpaired) electrons. The van der Waals surface area contributed by atoms with Crippen LogP contribution in [0, 0.1) is 5.82 Å². The van der Waals surface area contributed by atoms with Crippen molar-refractivity contribution in [3.8, 4) is 5.75 Å². The molecule has 0 aliphatic rings. The van der Waals surface area contributed by atoms with Gasteiger partial charge in [0.05, 0.1) is 10.7 Å². The van der Waals surface area contributed by atoms with E-state index in [0.29, 0.717) is 17.9 Å². The zero-order chi connectivity index (χ0) is 19.1. The molecule has 5 nitrogen and oxygen atoms in total. The minimum absolute atomic E-state index is 0.278. The van der Waals surface area contributed by atoms with Gasteiger partial charge in [0.2, 0.25) is 0 Å². The summed E-state index contributed by atoms with van der Waals surface area (Å²) in [6.45, 7) is 0.328. The van der Waals surface area contributed by atoms with Gasteiger partial charge in [-0.25, -0.2) is 9.82 Å². The molecule has 0 saturated heterocycles. The molecule has 1 aromatic heterocycles. The Morgan fingerprint density at radius 1 is 1.15 bits per heavy atom. The fraction of sp³-hybridized carbons (Fsp3) is 0.0500. The molecule has 0 bridgehead atoms. The first kappa shape index (κ1) is 18.7. The van der Waals surface area contributed by atoms with Crippen LogP contribution < -0.4 is 10.2 Å². The maximum Gasteiger partial charge on any atom is 0.271 e. The highest BCUT2D eigenvalue weighted by atomic mass is 79.9.